The van der Waals surface area contributed by atoms with Crippen molar-refractivity contribution in [3.05, 3.63) is 69.8 Å². The summed E-state index contributed by atoms with van der Waals surface area (Å²) in [7, 11) is 0. The fraction of sp³-hybridized carbons (Fsp3) is 0.176. The molecule has 20 heavy (non-hydrogen) atoms. The van der Waals surface area contributed by atoms with E-state index in [1.165, 1.54) is 17.2 Å². The number of nitrogens with two attached hydrogens (primary N) is 1. The second-order valence-corrected chi connectivity index (χ2v) is 6.21. The van der Waals surface area contributed by atoms with Crippen molar-refractivity contribution in [3.63, 3.8) is 0 Å². The van der Waals surface area contributed by atoms with Crippen molar-refractivity contribution in [1.29, 1.82) is 0 Å². The van der Waals surface area contributed by atoms with E-state index in [1.54, 1.807) is 17.4 Å². The minimum Gasteiger partial charge on any atom is -0.320 e. The summed E-state index contributed by atoms with van der Waals surface area (Å²) in [6, 6.07) is 12.9. The van der Waals surface area contributed by atoms with Crippen LogP contribution in [0.4, 0.5) is 4.39 Å². The lowest BCUT2D eigenvalue weighted by Gasteiger charge is -2.14. The van der Waals surface area contributed by atoms with Crippen LogP contribution in [0.25, 0.3) is 10.1 Å². The molecule has 3 rings (SSSR count). The number of fused-ring (bicyclic) bond motifs is 1. The van der Waals surface area contributed by atoms with E-state index >= 15 is 0 Å². The third-order valence-electron chi connectivity index (χ3n) is 3.79. The average Bonchev–Trinajstić information content (AvgIpc) is 2.84. The Labute approximate surface area is 121 Å². The molecule has 0 aliphatic heterocycles. The molecule has 0 bridgehead atoms. The molecule has 0 saturated carbocycles. The van der Waals surface area contributed by atoms with Crippen molar-refractivity contribution in [2.75, 3.05) is 0 Å². The molecule has 1 unspecified atom stereocenters. The van der Waals surface area contributed by atoms with Crippen LogP contribution in [0.5, 0.6) is 0 Å². The zero-order valence-corrected chi connectivity index (χ0v) is 12.3. The normalized spacial score (nSPS) is 12.8. The monoisotopic (exact) mass is 285 g/mol. The summed E-state index contributed by atoms with van der Waals surface area (Å²) in [5.41, 5.74) is 10.0. The Morgan fingerprint density at radius 1 is 1.10 bits per heavy atom. The minimum atomic E-state index is -0.206. The van der Waals surface area contributed by atoms with Gasteiger partial charge in [-0.25, -0.2) is 4.39 Å². The van der Waals surface area contributed by atoms with E-state index in [0.29, 0.717) is 0 Å². The largest absolute Gasteiger partial charge is 0.320 e. The molecule has 0 aliphatic rings. The summed E-state index contributed by atoms with van der Waals surface area (Å²) >= 11 is 1.63. The van der Waals surface area contributed by atoms with Crippen LogP contribution in [0.2, 0.25) is 0 Å². The first kappa shape index (κ1) is 13.3. The van der Waals surface area contributed by atoms with Crippen molar-refractivity contribution < 1.29 is 4.39 Å². The summed E-state index contributed by atoms with van der Waals surface area (Å²) in [5, 5.41) is 0.922. The van der Waals surface area contributed by atoms with E-state index in [0.717, 1.165) is 20.5 Å². The van der Waals surface area contributed by atoms with E-state index in [1.807, 2.05) is 18.2 Å². The second kappa shape index (κ2) is 5.00. The lowest BCUT2D eigenvalue weighted by Crippen LogP contribution is -2.12. The van der Waals surface area contributed by atoms with Gasteiger partial charge in [-0.05, 0) is 60.2 Å². The van der Waals surface area contributed by atoms with E-state index < -0.39 is 0 Å². The van der Waals surface area contributed by atoms with Crippen molar-refractivity contribution >= 4 is 21.4 Å². The molecule has 1 atom stereocenters. The Bertz CT molecular complexity index is 776. The van der Waals surface area contributed by atoms with Gasteiger partial charge < -0.3 is 5.73 Å². The van der Waals surface area contributed by atoms with Gasteiger partial charge in [0.15, 0.2) is 0 Å². The van der Waals surface area contributed by atoms with E-state index in [9.17, 15) is 4.39 Å². The maximum atomic E-state index is 13.3. The van der Waals surface area contributed by atoms with E-state index in [4.69, 9.17) is 5.73 Å². The minimum absolute atomic E-state index is 0.157. The van der Waals surface area contributed by atoms with Gasteiger partial charge in [-0.3, -0.25) is 0 Å². The van der Waals surface area contributed by atoms with Crippen LogP contribution >= 0.6 is 11.3 Å². The van der Waals surface area contributed by atoms with Crippen molar-refractivity contribution in [1.82, 2.24) is 0 Å². The third-order valence-corrected chi connectivity index (χ3v) is 4.98. The number of aryl methyl sites for hydroxylation is 1. The van der Waals surface area contributed by atoms with Crippen LogP contribution in [0.3, 0.4) is 0 Å². The molecular weight excluding hydrogens is 269 g/mol. The zero-order valence-electron chi connectivity index (χ0n) is 11.5. The van der Waals surface area contributed by atoms with Gasteiger partial charge in [-0.2, -0.15) is 0 Å². The fourth-order valence-electron chi connectivity index (χ4n) is 2.45. The predicted octanol–water partition coefficient (Wildman–Crippen LogP) is 4.71. The van der Waals surface area contributed by atoms with Gasteiger partial charge in [0.2, 0.25) is 0 Å². The lowest BCUT2D eigenvalue weighted by molar-refractivity contribution is 0.630. The first-order valence-corrected chi connectivity index (χ1v) is 7.38. The van der Waals surface area contributed by atoms with Gasteiger partial charge in [0.1, 0.15) is 5.82 Å². The molecule has 1 heterocycles. The Morgan fingerprint density at radius 3 is 2.70 bits per heavy atom. The molecule has 0 saturated heterocycles. The molecular formula is C17H16FNS. The number of hydrogen-bond acceptors (Lipinski definition) is 2. The third kappa shape index (κ3) is 2.23. The maximum Gasteiger partial charge on any atom is 0.123 e. The first-order valence-electron chi connectivity index (χ1n) is 6.57. The van der Waals surface area contributed by atoms with Crippen molar-refractivity contribution in [2.45, 2.75) is 19.9 Å². The quantitative estimate of drug-likeness (QED) is 0.725. The SMILES string of the molecule is Cc1cccc(C(N)c2cc3cc(F)ccc3s2)c1C. The highest BCUT2D eigenvalue weighted by atomic mass is 32.1. The van der Waals surface area contributed by atoms with Crippen LogP contribution in [-0.4, -0.2) is 0 Å². The molecule has 1 aromatic heterocycles. The number of thiophene rings is 1. The number of halogens is 1. The van der Waals surface area contributed by atoms with Crippen LogP contribution in [0.15, 0.2) is 42.5 Å². The predicted molar refractivity (Wildman–Crippen MR) is 83.7 cm³/mol. The second-order valence-electron chi connectivity index (χ2n) is 5.10. The Morgan fingerprint density at radius 2 is 1.90 bits per heavy atom. The molecule has 2 aromatic carbocycles. The Balaban J connectivity index is 2.08. The Hall–Kier alpha value is -1.71. The topological polar surface area (TPSA) is 26.0 Å². The smallest absolute Gasteiger partial charge is 0.123 e. The number of benzene rings is 2. The molecule has 0 spiro atoms. The summed E-state index contributed by atoms with van der Waals surface area (Å²) < 4.78 is 14.3. The van der Waals surface area contributed by atoms with Gasteiger partial charge in [-0.15, -0.1) is 11.3 Å². The summed E-state index contributed by atoms with van der Waals surface area (Å²) in [5.74, 6) is -0.206. The molecule has 1 nitrogen and oxygen atoms in total. The highest BCUT2D eigenvalue weighted by Gasteiger charge is 2.15. The summed E-state index contributed by atoms with van der Waals surface area (Å²) in [6.07, 6.45) is 0. The number of rotatable bonds is 2. The number of hydrogen-bond donors (Lipinski definition) is 1. The highest BCUT2D eigenvalue weighted by Crippen LogP contribution is 2.33. The molecule has 102 valence electrons. The van der Waals surface area contributed by atoms with Crippen LogP contribution in [0.1, 0.15) is 27.6 Å². The van der Waals surface area contributed by atoms with Crippen LogP contribution < -0.4 is 5.73 Å². The van der Waals surface area contributed by atoms with Gasteiger partial charge in [-0.1, -0.05) is 18.2 Å². The van der Waals surface area contributed by atoms with Gasteiger partial charge in [0.25, 0.3) is 0 Å². The van der Waals surface area contributed by atoms with Crippen LogP contribution in [0, 0.1) is 19.7 Å². The van der Waals surface area contributed by atoms with Crippen molar-refractivity contribution in [3.8, 4) is 0 Å². The zero-order chi connectivity index (χ0) is 14.3. The molecule has 0 radical (unpaired) electrons. The van der Waals surface area contributed by atoms with Gasteiger partial charge in [0, 0.05) is 9.58 Å². The molecule has 2 N–H and O–H groups in total. The molecule has 0 fully saturated rings. The molecule has 0 aliphatic carbocycles. The molecule has 0 amide bonds. The van der Waals surface area contributed by atoms with Crippen LogP contribution in [-0.2, 0) is 0 Å². The molecule has 3 aromatic rings. The Kier molecular flexibility index (Phi) is 3.32. The summed E-state index contributed by atoms with van der Waals surface area (Å²) in [6.45, 7) is 4.18. The average molecular weight is 285 g/mol. The standard InChI is InChI=1S/C17H16FNS/c1-10-4-3-5-14(11(10)2)17(19)16-9-12-8-13(18)6-7-15(12)20-16/h3-9,17H,19H2,1-2H3. The van der Waals surface area contributed by atoms with Crippen molar-refractivity contribution in [2.24, 2.45) is 5.73 Å². The summed E-state index contributed by atoms with van der Waals surface area (Å²) in [4.78, 5) is 1.07. The maximum absolute atomic E-state index is 13.3. The first-order chi connectivity index (χ1) is 9.56. The van der Waals surface area contributed by atoms with E-state index in [-0.39, 0.29) is 11.9 Å². The fourth-order valence-corrected chi connectivity index (χ4v) is 3.52. The lowest BCUT2D eigenvalue weighted by atomic mass is 9.97. The van der Waals surface area contributed by atoms with Gasteiger partial charge >= 0.3 is 0 Å². The highest BCUT2D eigenvalue weighted by molar-refractivity contribution is 7.19. The van der Waals surface area contributed by atoms with Gasteiger partial charge in [0.05, 0.1) is 6.04 Å². The van der Waals surface area contributed by atoms with E-state index in [2.05, 4.69) is 26.0 Å². The molecule has 3 heteroatoms.